The van der Waals surface area contributed by atoms with E-state index in [0.29, 0.717) is 50.2 Å². The van der Waals surface area contributed by atoms with Crippen molar-refractivity contribution in [2.75, 3.05) is 0 Å². The Hall–Kier alpha value is -3.90. The topological polar surface area (TPSA) is 129 Å². The van der Waals surface area contributed by atoms with Gasteiger partial charge in [0.25, 0.3) is 5.91 Å². The van der Waals surface area contributed by atoms with Crippen LogP contribution in [0.5, 0.6) is 5.75 Å². The molecule has 0 bridgehead atoms. The Morgan fingerprint density at radius 1 is 1.03 bits per heavy atom. The van der Waals surface area contributed by atoms with Crippen molar-refractivity contribution in [3.8, 4) is 5.75 Å². The zero-order chi connectivity index (χ0) is 26.8. The van der Waals surface area contributed by atoms with Crippen LogP contribution in [-0.2, 0) is 31.0 Å². The average Bonchev–Trinajstić information content (AvgIpc) is 3.47. The smallest absolute Gasteiger partial charge is 0.394 e. The molecule has 2 N–H and O–H groups in total. The second kappa shape index (κ2) is 12.9. The minimum Gasteiger partial charge on any atom is -0.433 e. The van der Waals surface area contributed by atoms with Gasteiger partial charge in [-0.05, 0) is 36.5 Å². The van der Waals surface area contributed by atoms with Gasteiger partial charge < -0.3 is 15.4 Å². The summed E-state index contributed by atoms with van der Waals surface area (Å²) < 4.78 is 33.9. The van der Waals surface area contributed by atoms with Gasteiger partial charge in [0.15, 0.2) is 5.69 Å². The lowest BCUT2D eigenvalue weighted by atomic mass is 10.1. The van der Waals surface area contributed by atoms with Crippen LogP contribution in [0.4, 0.5) is 8.78 Å². The number of alkyl halides is 2. The molecule has 3 rings (SSSR count). The highest BCUT2D eigenvalue weighted by atomic mass is 19.3. The Morgan fingerprint density at radius 2 is 1.73 bits per heavy atom. The summed E-state index contributed by atoms with van der Waals surface area (Å²) in [7, 11) is 0. The van der Waals surface area contributed by atoms with E-state index in [9.17, 15) is 18.4 Å². The number of halogens is 2. The molecule has 0 aliphatic heterocycles. The number of ether oxygens (including phenoxy) is 1. The van der Waals surface area contributed by atoms with E-state index >= 15 is 0 Å². The maximum Gasteiger partial charge on any atom is 0.394 e. The number of amides is 2. The molecule has 11 nitrogen and oxygen atoms in total. The van der Waals surface area contributed by atoms with Crippen LogP contribution in [0.15, 0.2) is 36.7 Å². The number of hydrogen-bond donors (Lipinski definition) is 2. The molecule has 37 heavy (non-hydrogen) atoms. The van der Waals surface area contributed by atoms with Crippen LogP contribution in [0, 0.1) is 5.92 Å². The van der Waals surface area contributed by atoms with Crippen molar-refractivity contribution in [2.45, 2.75) is 72.3 Å². The molecule has 3 aromatic rings. The summed E-state index contributed by atoms with van der Waals surface area (Å²) in [6.07, 6.45) is 2.14. The van der Waals surface area contributed by atoms with Crippen molar-refractivity contribution in [3.05, 3.63) is 53.6 Å². The number of carbonyl (C=O) groups excluding carboxylic acids is 2. The molecule has 0 spiro atoms. The first-order valence-electron chi connectivity index (χ1n) is 12.1. The number of benzene rings is 1. The minimum atomic E-state index is -3.29. The van der Waals surface area contributed by atoms with E-state index in [1.54, 1.807) is 27.7 Å². The zero-order valence-corrected chi connectivity index (χ0v) is 21.2. The summed E-state index contributed by atoms with van der Waals surface area (Å²) >= 11 is 0. The first kappa shape index (κ1) is 27.7. The van der Waals surface area contributed by atoms with Gasteiger partial charge in [0, 0.05) is 33.0 Å². The van der Waals surface area contributed by atoms with E-state index in [1.165, 1.54) is 12.1 Å². The summed E-state index contributed by atoms with van der Waals surface area (Å²) in [6, 6.07) is 6.13. The van der Waals surface area contributed by atoms with Crippen molar-refractivity contribution < 1.29 is 23.1 Å². The predicted octanol–water partition coefficient (Wildman–Crippen LogP) is 2.93. The molecule has 2 aromatic heterocycles. The van der Waals surface area contributed by atoms with Crippen LogP contribution in [-0.4, -0.2) is 47.9 Å². The Bertz CT molecular complexity index is 1170. The summed E-state index contributed by atoms with van der Waals surface area (Å²) in [4.78, 5) is 24.1. The first-order chi connectivity index (χ1) is 17.6. The zero-order valence-electron chi connectivity index (χ0n) is 21.2. The summed E-state index contributed by atoms with van der Waals surface area (Å²) in [5.41, 5.74) is 1.47. The number of nitrogens with zero attached hydrogens (tertiary/aromatic N) is 6. The van der Waals surface area contributed by atoms with Crippen LogP contribution in [0.3, 0.4) is 0 Å². The number of carbonyl (C=O) groups is 2. The Kier molecular flexibility index (Phi) is 9.64. The van der Waals surface area contributed by atoms with Gasteiger partial charge in [-0.3, -0.25) is 19.0 Å². The van der Waals surface area contributed by atoms with Crippen molar-refractivity contribution in [3.63, 3.8) is 0 Å². The fraction of sp³-hybridized carbons (Fsp3) is 0.500. The number of nitrogens with one attached hydrogen (secondary N) is 2. The number of aromatic nitrogens is 6. The second-order valence-corrected chi connectivity index (χ2v) is 9.16. The molecule has 0 radical (unpaired) electrons. The maximum atomic E-state index is 13.0. The lowest BCUT2D eigenvalue weighted by molar-refractivity contribution is -0.159. The number of aryl methyl sites for hydroxylation is 2. The molecule has 0 atom stereocenters. The van der Waals surface area contributed by atoms with Crippen LogP contribution in [0.25, 0.3) is 0 Å². The molecule has 0 unspecified atom stereocenters. The Labute approximate surface area is 213 Å². The summed E-state index contributed by atoms with van der Waals surface area (Å²) in [5, 5.41) is 21.6. The van der Waals surface area contributed by atoms with Gasteiger partial charge in [-0.1, -0.05) is 36.4 Å². The number of rotatable bonds is 14. The Morgan fingerprint density at radius 3 is 2.43 bits per heavy atom. The third kappa shape index (κ3) is 9.94. The predicted molar refractivity (Wildman–Crippen MR) is 129 cm³/mol. The highest BCUT2D eigenvalue weighted by molar-refractivity contribution is 5.91. The van der Waals surface area contributed by atoms with Gasteiger partial charge >= 0.3 is 6.11 Å². The highest BCUT2D eigenvalue weighted by Gasteiger charge is 2.23. The van der Waals surface area contributed by atoms with E-state index in [0.717, 1.165) is 12.8 Å². The van der Waals surface area contributed by atoms with Crippen LogP contribution >= 0.6 is 0 Å². The molecular formula is C24H32F2N8O3. The largest absolute Gasteiger partial charge is 0.433 e. The molecule has 1 aromatic carbocycles. The van der Waals surface area contributed by atoms with E-state index in [4.69, 9.17) is 0 Å². The fourth-order valence-electron chi connectivity index (χ4n) is 3.42. The quantitative estimate of drug-likeness (QED) is 0.314. The normalized spacial score (nSPS) is 11.5. The molecule has 0 aliphatic carbocycles. The second-order valence-electron chi connectivity index (χ2n) is 9.16. The molecule has 0 aliphatic rings. The van der Waals surface area contributed by atoms with E-state index in [1.807, 2.05) is 20.0 Å². The Balaban J connectivity index is 1.37. The van der Waals surface area contributed by atoms with Gasteiger partial charge in [-0.25, -0.2) is 0 Å². The SMILES string of the molecule is CC(C)CC(=O)NCc1cn(CCCCn2cc(C(=O)NCc3cccc(OC(C)(F)F)c3)nn2)nn1. The van der Waals surface area contributed by atoms with Crippen LogP contribution in [0.2, 0.25) is 0 Å². The van der Waals surface area contributed by atoms with E-state index in [2.05, 4.69) is 36.0 Å². The first-order valence-corrected chi connectivity index (χ1v) is 12.1. The molecule has 0 saturated heterocycles. The van der Waals surface area contributed by atoms with E-state index < -0.39 is 12.0 Å². The van der Waals surface area contributed by atoms with Gasteiger partial charge in [0.05, 0.1) is 18.9 Å². The summed E-state index contributed by atoms with van der Waals surface area (Å²) in [6.45, 7) is 6.34. The molecule has 0 fully saturated rings. The van der Waals surface area contributed by atoms with E-state index in [-0.39, 0.29) is 23.9 Å². The maximum absolute atomic E-state index is 13.0. The monoisotopic (exact) mass is 518 g/mol. The third-order valence-electron chi connectivity index (χ3n) is 5.09. The van der Waals surface area contributed by atoms with Gasteiger partial charge in [-0.2, -0.15) is 8.78 Å². The molecular weight excluding hydrogens is 486 g/mol. The number of hydrogen-bond acceptors (Lipinski definition) is 7. The average molecular weight is 519 g/mol. The van der Waals surface area contributed by atoms with Crippen molar-refractivity contribution in [2.24, 2.45) is 5.92 Å². The van der Waals surface area contributed by atoms with Gasteiger partial charge in [0.2, 0.25) is 5.91 Å². The lowest BCUT2D eigenvalue weighted by Crippen LogP contribution is -2.24. The molecule has 200 valence electrons. The van der Waals surface area contributed by atoms with Crippen LogP contribution in [0.1, 0.15) is 61.8 Å². The molecule has 13 heteroatoms. The van der Waals surface area contributed by atoms with Crippen molar-refractivity contribution in [1.82, 2.24) is 40.6 Å². The van der Waals surface area contributed by atoms with Crippen molar-refractivity contribution in [1.29, 1.82) is 0 Å². The van der Waals surface area contributed by atoms with Crippen LogP contribution < -0.4 is 15.4 Å². The fourth-order valence-corrected chi connectivity index (χ4v) is 3.42. The highest BCUT2D eigenvalue weighted by Crippen LogP contribution is 2.21. The number of unbranched alkanes of at least 4 members (excludes halogenated alkanes) is 1. The molecule has 2 heterocycles. The van der Waals surface area contributed by atoms with Crippen molar-refractivity contribution >= 4 is 11.8 Å². The summed E-state index contributed by atoms with van der Waals surface area (Å²) in [5.74, 6) is -0.112. The third-order valence-corrected chi connectivity index (χ3v) is 5.09. The van der Waals surface area contributed by atoms with Gasteiger partial charge in [-0.15, -0.1) is 10.2 Å². The molecule has 0 saturated carbocycles. The molecule has 2 amide bonds. The lowest BCUT2D eigenvalue weighted by Gasteiger charge is -2.13. The standard InChI is InChI=1S/C24H32F2N8O3/c1-17(2)11-22(35)27-14-19-15-33(31-29-19)9-4-5-10-34-16-21(30-32-34)23(36)28-13-18-7-6-8-20(12-18)37-24(3,25)26/h6-8,12,15-17H,4-5,9-11,13-14H2,1-3H3,(H,27,35)(H,28,36). The minimum absolute atomic E-state index is 0.00596. The van der Waals surface area contributed by atoms with Gasteiger partial charge in [0.1, 0.15) is 11.4 Å².